The Labute approximate surface area is 117 Å². The average Bonchev–Trinajstić information content (AvgIpc) is 2.45. The van der Waals surface area contributed by atoms with Gasteiger partial charge in [0.2, 0.25) is 0 Å². The van der Waals surface area contributed by atoms with Crippen LogP contribution in [0.4, 0.5) is 5.69 Å². The lowest BCUT2D eigenvalue weighted by Crippen LogP contribution is -2.15. The molecule has 2 aromatic rings. The number of nitrogens with two attached hydrogens (primary N) is 2. The Kier molecular flexibility index (Phi) is 4.32. The minimum absolute atomic E-state index is 0.261. The molecule has 0 fully saturated rings. The fourth-order valence-electron chi connectivity index (χ4n) is 1.85. The van der Waals surface area contributed by atoms with Crippen molar-refractivity contribution in [1.82, 2.24) is 4.98 Å². The van der Waals surface area contributed by atoms with Crippen molar-refractivity contribution in [3.63, 3.8) is 0 Å². The van der Waals surface area contributed by atoms with E-state index in [-0.39, 0.29) is 6.61 Å². The van der Waals surface area contributed by atoms with Crippen LogP contribution in [0.15, 0.2) is 36.4 Å². The van der Waals surface area contributed by atoms with Gasteiger partial charge in [0.25, 0.3) is 5.91 Å². The standard InChI is InChI=1S/C15H17N3O2/c1-2-20-9-14-12(15(17)19)7-8-13(18-14)10-3-5-11(16)6-4-10/h3-8H,2,9,16H2,1H3,(H2,17,19). The Morgan fingerprint density at radius 2 is 1.90 bits per heavy atom. The van der Waals surface area contributed by atoms with E-state index < -0.39 is 5.91 Å². The van der Waals surface area contributed by atoms with Gasteiger partial charge in [-0.3, -0.25) is 4.79 Å². The molecule has 104 valence electrons. The maximum Gasteiger partial charge on any atom is 0.250 e. The first kappa shape index (κ1) is 14.0. The molecular formula is C15H17N3O2. The molecule has 0 aliphatic rings. The van der Waals surface area contributed by atoms with Crippen LogP contribution in [-0.4, -0.2) is 17.5 Å². The number of carbonyl (C=O) groups is 1. The largest absolute Gasteiger partial charge is 0.399 e. The molecule has 0 unspecified atom stereocenters. The van der Waals surface area contributed by atoms with Gasteiger partial charge in [-0.25, -0.2) is 4.98 Å². The van der Waals surface area contributed by atoms with E-state index in [1.54, 1.807) is 24.3 Å². The molecule has 1 amide bonds. The molecule has 0 radical (unpaired) electrons. The number of rotatable bonds is 5. The van der Waals surface area contributed by atoms with Gasteiger partial charge in [-0.05, 0) is 31.2 Å². The lowest BCUT2D eigenvalue weighted by atomic mass is 10.1. The molecule has 5 nitrogen and oxygen atoms in total. The van der Waals surface area contributed by atoms with Gasteiger partial charge in [-0.15, -0.1) is 0 Å². The molecule has 0 bridgehead atoms. The first-order chi connectivity index (χ1) is 9.61. The number of nitrogens with zero attached hydrogens (tertiary/aromatic N) is 1. The number of hydrogen-bond acceptors (Lipinski definition) is 4. The van der Waals surface area contributed by atoms with Gasteiger partial charge in [0.1, 0.15) is 0 Å². The van der Waals surface area contributed by atoms with E-state index in [1.807, 2.05) is 19.1 Å². The highest BCUT2D eigenvalue weighted by molar-refractivity contribution is 5.94. The Morgan fingerprint density at radius 1 is 1.20 bits per heavy atom. The van der Waals surface area contributed by atoms with Gasteiger partial charge in [0, 0.05) is 17.9 Å². The Bertz CT molecular complexity index is 609. The van der Waals surface area contributed by atoms with Crippen molar-refractivity contribution in [2.75, 3.05) is 12.3 Å². The first-order valence-corrected chi connectivity index (χ1v) is 6.35. The molecule has 0 saturated carbocycles. The number of ether oxygens (including phenoxy) is 1. The predicted octanol–water partition coefficient (Wildman–Crippen LogP) is 1.97. The monoisotopic (exact) mass is 271 g/mol. The second-order valence-corrected chi connectivity index (χ2v) is 4.31. The SMILES string of the molecule is CCOCc1nc(-c2ccc(N)cc2)ccc1C(N)=O. The number of anilines is 1. The fraction of sp³-hybridized carbons (Fsp3) is 0.200. The Balaban J connectivity index is 2.40. The molecular weight excluding hydrogens is 254 g/mol. The van der Waals surface area contributed by atoms with Crippen LogP contribution in [0.3, 0.4) is 0 Å². The molecule has 4 N–H and O–H groups in total. The van der Waals surface area contributed by atoms with Crippen LogP contribution in [0.2, 0.25) is 0 Å². The number of aromatic nitrogens is 1. The summed E-state index contributed by atoms with van der Waals surface area (Å²) in [5.41, 5.74) is 14.3. The molecule has 0 aliphatic heterocycles. The molecule has 20 heavy (non-hydrogen) atoms. The molecule has 0 spiro atoms. The first-order valence-electron chi connectivity index (χ1n) is 6.35. The molecule has 0 saturated heterocycles. The molecule has 1 aromatic heterocycles. The number of hydrogen-bond donors (Lipinski definition) is 2. The van der Waals surface area contributed by atoms with Crippen molar-refractivity contribution < 1.29 is 9.53 Å². The smallest absolute Gasteiger partial charge is 0.250 e. The van der Waals surface area contributed by atoms with Crippen LogP contribution < -0.4 is 11.5 Å². The van der Waals surface area contributed by atoms with Crippen molar-refractivity contribution >= 4 is 11.6 Å². The minimum atomic E-state index is -0.504. The minimum Gasteiger partial charge on any atom is -0.399 e. The second kappa shape index (κ2) is 6.16. The summed E-state index contributed by atoms with van der Waals surface area (Å²) in [5.74, 6) is -0.504. The van der Waals surface area contributed by atoms with Gasteiger partial charge in [-0.1, -0.05) is 12.1 Å². The van der Waals surface area contributed by atoms with Crippen molar-refractivity contribution in [1.29, 1.82) is 0 Å². The highest BCUT2D eigenvalue weighted by atomic mass is 16.5. The summed E-state index contributed by atoms with van der Waals surface area (Å²) in [4.78, 5) is 15.9. The van der Waals surface area contributed by atoms with Gasteiger partial charge < -0.3 is 16.2 Å². The summed E-state index contributed by atoms with van der Waals surface area (Å²) >= 11 is 0. The van der Waals surface area contributed by atoms with E-state index >= 15 is 0 Å². The molecule has 2 rings (SSSR count). The van der Waals surface area contributed by atoms with Crippen LogP contribution >= 0.6 is 0 Å². The zero-order chi connectivity index (χ0) is 14.5. The number of benzene rings is 1. The molecule has 0 aliphatic carbocycles. The van der Waals surface area contributed by atoms with E-state index in [9.17, 15) is 4.79 Å². The maximum absolute atomic E-state index is 11.4. The topological polar surface area (TPSA) is 91.2 Å². The van der Waals surface area contributed by atoms with Crippen LogP contribution in [0.25, 0.3) is 11.3 Å². The van der Waals surface area contributed by atoms with E-state index in [1.165, 1.54) is 0 Å². The lowest BCUT2D eigenvalue weighted by molar-refractivity contribution is 0.0987. The maximum atomic E-state index is 11.4. The summed E-state index contributed by atoms with van der Waals surface area (Å²) in [6.07, 6.45) is 0. The molecule has 1 aromatic carbocycles. The van der Waals surface area contributed by atoms with Gasteiger partial charge >= 0.3 is 0 Å². The van der Waals surface area contributed by atoms with Crippen LogP contribution in [0, 0.1) is 0 Å². The summed E-state index contributed by atoms with van der Waals surface area (Å²) in [5, 5.41) is 0. The highest BCUT2D eigenvalue weighted by Crippen LogP contribution is 2.20. The number of nitrogen functional groups attached to an aromatic ring is 1. The number of pyridine rings is 1. The quantitative estimate of drug-likeness (QED) is 0.813. The number of amides is 1. The van der Waals surface area contributed by atoms with Gasteiger partial charge in [0.15, 0.2) is 0 Å². The third-order valence-corrected chi connectivity index (χ3v) is 2.89. The summed E-state index contributed by atoms with van der Waals surface area (Å²) in [7, 11) is 0. The number of primary amides is 1. The van der Waals surface area contributed by atoms with Gasteiger partial charge in [0.05, 0.1) is 23.6 Å². The Morgan fingerprint density at radius 3 is 2.50 bits per heavy atom. The van der Waals surface area contributed by atoms with Crippen molar-refractivity contribution in [2.24, 2.45) is 5.73 Å². The molecule has 5 heteroatoms. The van der Waals surface area contributed by atoms with Gasteiger partial charge in [-0.2, -0.15) is 0 Å². The Hall–Kier alpha value is -2.40. The number of carbonyl (C=O) groups excluding carboxylic acids is 1. The van der Waals surface area contributed by atoms with Crippen LogP contribution in [0.1, 0.15) is 23.0 Å². The van der Waals surface area contributed by atoms with E-state index in [0.717, 1.165) is 11.3 Å². The molecule has 0 atom stereocenters. The third kappa shape index (κ3) is 3.13. The van der Waals surface area contributed by atoms with Crippen LogP contribution in [0.5, 0.6) is 0 Å². The van der Waals surface area contributed by atoms with E-state index in [2.05, 4.69) is 4.98 Å². The van der Waals surface area contributed by atoms with Crippen LogP contribution in [-0.2, 0) is 11.3 Å². The summed E-state index contributed by atoms with van der Waals surface area (Å²) < 4.78 is 5.33. The highest BCUT2D eigenvalue weighted by Gasteiger charge is 2.11. The summed E-state index contributed by atoms with van der Waals surface area (Å²) in [6.45, 7) is 2.69. The zero-order valence-electron chi connectivity index (χ0n) is 11.3. The normalized spacial score (nSPS) is 10.4. The van der Waals surface area contributed by atoms with Crippen molar-refractivity contribution in [2.45, 2.75) is 13.5 Å². The average molecular weight is 271 g/mol. The van der Waals surface area contributed by atoms with Crippen molar-refractivity contribution in [3.05, 3.63) is 47.7 Å². The van der Waals surface area contributed by atoms with Crippen molar-refractivity contribution in [3.8, 4) is 11.3 Å². The predicted molar refractivity (Wildman–Crippen MR) is 77.9 cm³/mol. The third-order valence-electron chi connectivity index (χ3n) is 2.89. The fourth-order valence-corrected chi connectivity index (χ4v) is 1.85. The van der Waals surface area contributed by atoms with E-state index in [4.69, 9.17) is 16.2 Å². The summed E-state index contributed by atoms with van der Waals surface area (Å²) in [6, 6.07) is 10.8. The lowest BCUT2D eigenvalue weighted by Gasteiger charge is -2.09. The van der Waals surface area contributed by atoms with E-state index in [0.29, 0.717) is 23.6 Å². The molecule has 1 heterocycles. The second-order valence-electron chi connectivity index (χ2n) is 4.31. The zero-order valence-corrected chi connectivity index (χ0v) is 11.3.